The van der Waals surface area contributed by atoms with Crippen LogP contribution in [0.25, 0.3) is 0 Å². The molecular weight excluding hydrogens is 427 g/mol. The molecule has 3 rings (SSSR count). The summed E-state index contributed by atoms with van der Waals surface area (Å²) >= 11 is 0. The number of carbonyl (C=O) groups excluding carboxylic acids is 2. The van der Waals surface area contributed by atoms with E-state index in [4.69, 9.17) is 9.84 Å². The number of anilines is 1. The minimum absolute atomic E-state index is 0.0689. The molecule has 0 saturated heterocycles. The van der Waals surface area contributed by atoms with Crippen LogP contribution in [0.5, 0.6) is 11.5 Å². The Balaban J connectivity index is 1.94. The molecule has 1 aliphatic heterocycles. The summed E-state index contributed by atoms with van der Waals surface area (Å²) in [5, 5.41) is 11.6. The number of β-amino-alcohol motifs (C(OH)–C–C–N with tert-alkyl or cyclic N) is 1. The molecule has 1 heterocycles. The number of rotatable bonds is 6. The van der Waals surface area contributed by atoms with Crippen molar-refractivity contribution in [3.8, 4) is 11.5 Å². The molecule has 2 amide bonds. The monoisotopic (exact) mass is 442 g/mol. The number of halogens is 5. The number of hydrogen-bond acceptors (Lipinski definition) is 5. The number of para-hydroxylation sites is 1. The van der Waals surface area contributed by atoms with Gasteiger partial charge in [-0.1, -0.05) is 12.1 Å². The van der Waals surface area contributed by atoms with Crippen LogP contribution in [0.1, 0.15) is 11.1 Å². The van der Waals surface area contributed by atoms with Gasteiger partial charge in [0.2, 0.25) is 0 Å². The maximum Gasteiger partial charge on any atom is 0.416 e. The number of nitrogens with zero attached hydrogens (tertiary/aromatic N) is 1. The summed E-state index contributed by atoms with van der Waals surface area (Å²) in [6.45, 7) is 0.907. The molecule has 0 aromatic heterocycles. The van der Waals surface area contributed by atoms with E-state index in [1.54, 1.807) is 13.0 Å². The first-order chi connectivity index (χ1) is 14.5. The van der Waals surface area contributed by atoms with Crippen LogP contribution in [0.15, 0.2) is 42.1 Å². The highest BCUT2D eigenvalue weighted by molar-refractivity contribution is 6.17. The fourth-order valence-corrected chi connectivity index (χ4v) is 2.86. The van der Waals surface area contributed by atoms with E-state index in [1.165, 1.54) is 12.1 Å². The summed E-state index contributed by atoms with van der Waals surface area (Å²) in [6.07, 6.45) is -3.97. The van der Waals surface area contributed by atoms with Crippen LogP contribution in [-0.2, 0) is 15.8 Å². The van der Waals surface area contributed by atoms with Gasteiger partial charge in [-0.2, -0.15) is 13.2 Å². The number of amides is 2. The van der Waals surface area contributed by atoms with Gasteiger partial charge < -0.3 is 15.2 Å². The first kappa shape index (κ1) is 22.2. The zero-order chi connectivity index (χ0) is 22.9. The van der Waals surface area contributed by atoms with E-state index in [0.29, 0.717) is 5.56 Å². The highest BCUT2D eigenvalue weighted by atomic mass is 19.4. The summed E-state index contributed by atoms with van der Waals surface area (Å²) in [4.78, 5) is 25.0. The zero-order valence-corrected chi connectivity index (χ0v) is 15.9. The first-order valence-electron chi connectivity index (χ1n) is 8.82. The molecule has 0 radical (unpaired) electrons. The van der Waals surface area contributed by atoms with Crippen molar-refractivity contribution in [3.63, 3.8) is 0 Å². The van der Waals surface area contributed by atoms with Gasteiger partial charge in [-0.25, -0.2) is 8.78 Å². The molecular formula is C20H15F5N2O4. The summed E-state index contributed by atoms with van der Waals surface area (Å²) in [7, 11) is 0. The SMILES string of the molecule is Cc1cccc(Oc2c(F)cc(C(F)(F)F)cc2F)c1NC1=CC(=O)N(CCO)C1=O. The summed E-state index contributed by atoms with van der Waals surface area (Å²) in [5.41, 5.74) is -1.17. The number of hydrogen-bond donors (Lipinski definition) is 2. The lowest BCUT2D eigenvalue weighted by atomic mass is 10.1. The lowest BCUT2D eigenvalue weighted by Gasteiger charge is -2.18. The maximum absolute atomic E-state index is 14.2. The van der Waals surface area contributed by atoms with E-state index in [2.05, 4.69) is 5.32 Å². The summed E-state index contributed by atoms with van der Waals surface area (Å²) in [5.74, 6) is -5.80. The summed E-state index contributed by atoms with van der Waals surface area (Å²) in [6, 6.07) is 4.52. The average Bonchev–Trinajstić information content (AvgIpc) is 2.94. The molecule has 0 bridgehead atoms. The molecule has 0 aliphatic carbocycles. The third kappa shape index (κ3) is 4.50. The van der Waals surface area contributed by atoms with Crippen molar-refractivity contribution in [3.05, 3.63) is 64.9 Å². The van der Waals surface area contributed by atoms with E-state index in [1.807, 2.05) is 0 Å². The van der Waals surface area contributed by atoms with E-state index in [0.717, 1.165) is 11.0 Å². The molecule has 1 aliphatic rings. The van der Waals surface area contributed by atoms with Crippen molar-refractivity contribution in [2.75, 3.05) is 18.5 Å². The van der Waals surface area contributed by atoms with Crippen molar-refractivity contribution in [1.29, 1.82) is 0 Å². The number of aryl methyl sites for hydroxylation is 1. The van der Waals surface area contributed by atoms with Crippen LogP contribution in [0, 0.1) is 18.6 Å². The molecule has 11 heteroatoms. The van der Waals surface area contributed by atoms with Gasteiger partial charge in [-0.3, -0.25) is 14.5 Å². The second-order valence-corrected chi connectivity index (χ2v) is 6.52. The van der Waals surface area contributed by atoms with Gasteiger partial charge in [-0.05, 0) is 30.7 Å². The molecule has 0 spiro atoms. The highest BCUT2D eigenvalue weighted by Crippen LogP contribution is 2.38. The molecule has 0 unspecified atom stereocenters. The minimum atomic E-state index is -4.95. The lowest BCUT2D eigenvalue weighted by Crippen LogP contribution is -2.34. The highest BCUT2D eigenvalue weighted by Gasteiger charge is 2.34. The molecule has 164 valence electrons. The molecule has 2 aromatic carbocycles. The predicted molar refractivity (Wildman–Crippen MR) is 98.1 cm³/mol. The number of nitrogens with one attached hydrogen (secondary N) is 1. The van der Waals surface area contributed by atoms with E-state index >= 15 is 0 Å². The Morgan fingerprint density at radius 2 is 1.77 bits per heavy atom. The lowest BCUT2D eigenvalue weighted by molar-refractivity contribution is -0.138. The summed E-state index contributed by atoms with van der Waals surface area (Å²) < 4.78 is 71.8. The molecule has 0 saturated carbocycles. The van der Waals surface area contributed by atoms with E-state index < -0.39 is 47.5 Å². The predicted octanol–water partition coefficient (Wildman–Crippen LogP) is 3.74. The van der Waals surface area contributed by atoms with Crippen molar-refractivity contribution >= 4 is 17.5 Å². The average molecular weight is 442 g/mol. The first-order valence-corrected chi connectivity index (χ1v) is 8.82. The molecule has 2 aromatic rings. The molecule has 31 heavy (non-hydrogen) atoms. The Kier molecular flexibility index (Phi) is 5.98. The van der Waals surface area contributed by atoms with E-state index in [-0.39, 0.29) is 35.8 Å². The quantitative estimate of drug-likeness (QED) is 0.527. The van der Waals surface area contributed by atoms with Gasteiger partial charge in [-0.15, -0.1) is 0 Å². The standard InChI is InChI=1S/C20H15F5N2O4/c1-10-3-2-4-15(17(10)26-14-9-16(29)27(5-6-28)19(14)30)31-18-12(21)7-11(8-13(18)22)20(23,24)25/h2-4,7-9,26,28H,5-6H2,1H3. The van der Waals surface area contributed by atoms with Crippen LogP contribution in [0.2, 0.25) is 0 Å². The van der Waals surface area contributed by atoms with Crippen LogP contribution < -0.4 is 10.1 Å². The molecule has 6 nitrogen and oxygen atoms in total. The van der Waals surface area contributed by atoms with Crippen LogP contribution >= 0.6 is 0 Å². The van der Waals surface area contributed by atoms with Crippen LogP contribution in [0.4, 0.5) is 27.6 Å². The van der Waals surface area contributed by atoms with Crippen LogP contribution in [-0.4, -0.2) is 35.0 Å². The number of aliphatic hydroxyl groups is 1. The van der Waals surface area contributed by atoms with Crippen molar-refractivity contribution in [1.82, 2.24) is 4.90 Å². The fourth-order valence-electron chi connectivity index (χ4n) is 2.86. The third-order valence-electron chi connectivity index (χ3n) is 4.36. The van der Waals surface area contributed by atoms with Gasteiger partial charge in [0.25, 0.3) is 11.8 Å². The maximum atomic E-state index is 14.2. The van der Waals surface area contributed by atoms with Crippen molar-refractivity contribution < 1.29 is 41.4 Å². The van der Waals surface area contributed by atoms with Gasteiger partial charge in [0.05, 0.1) is 24.4 Å². The van der Waals surface area contributed by atoms with Gasteiger partial charge in [0.15, 0.2) is 23.1 Å². The Bertz CT molecular complexity index is 1060. The largest absolute Gasteiger partial charge is 0.449 e. The van der Waals surface area contributed by atoms with E-state index in [9.17, 15) is 31.5 Å². The van der Waals surface area contributed by atoms with Crippen molar-refractivity contribution in [2.45, 2.75) is 13.1 Å². The zero-order valence-electron chi connectivity index (χ0n) is 15.9. The number of benzene rings is 2. The number of alkyl halides is 3. The van der Waals surface area contributed by atoms with Gasteiger partial charge >= 0.3 is 6.18 Å². The number of ether oxygens (including phenoxy) is 1. The molecule has 0 fully saturated rings. The molecule has 0 atom stereocenters. The Labute approximate surface area is 172 Å². The minimum Gasteiger partial charge on any atom is -0.449 e. The Morgan fingerprint density at radius 3 is 2.35 bits per heavy atom. The second kappa shape index (κ2) is 8.34. The number of aliphatic hydroxyl groups excluding tert-OH is 1. The van der Waals surface area contributed by atoms with Crippen molar-refractivity contribution in [2.24, 2.45) is 0 Å². The Morgan fingerprint density at radius 1 is 1.13 bits per heavy atom. The fraction of sp³-hybridized carbons (Fsp3) is 0.200. The van der Waals surface area contributed by atoms with Crippen LogP contribution in [0.3, 0.4) is 0 Å². The van der Waals surface area contributed by atoms with Gasteiger partial charge in [0, 0.05) is 6.08 Å². The third-order valence-corrected chi connectivity index (χ3v) is 4.36. The molecule has 2 N–H and O–H groups in total. The Hall–Kier alpha value is -3.47. The topological polar surface area (TPSA) is 78.9 Å². The number of carbonyl (C=O) groups is 2. The normalized spacial score (nSPS) is 14.2. The number of imide groups is 1. The second-order valence-electron chi connectivity index (χ2n) is 6.52. The van der Waals surface area contributed by atoms with Gasteiger partial charge in [0.1, 0.15) is 5.70 Å². The smallest absolute Gasteiger partial charge is 0.416 e.